The normalized spacial score (nSPS) is 12.0. The first-order valence-electron chi connectivity index (χ1n) is 6.64. The maximum absolute atomic E-state index is 12.0. The zero-order valence-electron chi connectivity index (χ0n) is 11.9. The van der Waals surface area contributed by atoms with Crippen molar-refractivity contribution in [1.82, 2.24) is 9.88 Å². The second kappa shape index (κ2) is 7.54. The minimum atomic E-state index is -0.824. The first-order chi connectivity index (χ1) is 10.5. The summed E-state index contributed by atoms with van der Waals surface area (Å²) in [5, 5.41) is 13.0. The van der Waals surface area contributed by atoms with Crippen molar-refractivity contribution < 1.29 is 14.6 Å². The van der Waals surface area contributed by atoms with Gasteiger partial charge in [-0.25, -0.2) is 0 Å². The number of benzene rings is 1. The number of aliphatic hydroxyl groups excluding tert-OH is 1. The van der Waals surface area contributed by atoms with Gasteiger partial charge < -0.3 is 19.7 Å². The summed E-state index contributed by atoms with van der Waals surface area (Å²) in [6.07, 6.45) is -0.824. The van der Waals surface area contributed by atoms with Crippen molar-refractivity contribution in [1.29, 1.82) is 0 Å². The summed E-state index contributed by atoms with van der Waals surface area (Å²) in [6, 6.07) is 10.6. The van der Waals surface area contributed by atoms with E-state index in [0.29, 0.717) is 21.6 Å². The van der Waals surface area contributed by atoms with E-state index in [9.17, 15) is 9.90 Å². The fourth-order valence-electron chi connectivity index (χ4n) is 1.83. The number of hydrogen-bond acceptors (Lipinski definition) is 3. The van der Waals surface area contributed by atoms with Crippen LogP contribution in [0, 0.1) is 0 Å². The number of ether oxygens (including phenoxy) is 1. The highest BCUT2D eigenvalue weighted by atomic mass is 35.5. The van der Waals surface area contributed by atoms with Crippen LogP contribution in [-0.2, 0) is 7.05 Å². The smallest absolute Gasteiger partial charge is 0.268 e. The number of rotatable bonds is 6. The van der Waals surface area contributed by atoms with Crippen LogP contribution in [0.2, 0.25) is 10.2 Å². The molecule has 0 spiro atoms. The molecule has 0 bridgehead atoms. The Morgan fingerprint density at radius 1 is 1.36 bits per heavy atom. The van der Waals surface area contributed by atoms with Gasteiger partial charge in [0, 0.05) is 13.6 Å². The molecule has 2 N–H and O–H groups in total. The summed E-state index contributed by atoms with van der Waals surface area (Å²) in [6.45, 7) is 0.144. The topological polar surface area (TPSA) is 63.5 Å². The molecule has 2 aromatic rings. The van der Waals surface area contributed by atoms with Gasteiger partial charge in [-0.1, -0.05) is 41.4 Å². The average Bonchev–Trinajstić information content (AvgIpc) is 2.79. The summed E-state index contributed by atoms with van der Waals surface area (Å²) < 4.78 is 6.88. The molecular formula is C15H16Cl2N2O3. The Kier molecular flexibility index (Phi) is 5.71. The summed E-state index contributed by atoms with van der Waals surface area (Å²) in [4.78, 5) is 12.0. The van der Waals surface area contributed by atoms with Gasteiger partial charge in [-0.05, 0) is 18.2 Å². The third-order valence-electron chi connectivity index (χ3n) is 3.03. The molecule has 0 fully saturated rings. The number of carbonyl (C=O) groups is 1. The Balaban J connectivity index is 1.82. The Bertz CT molecular complexity index is 644. The molecule has 22 heavy (non-hydrogen) atoms. The highest BCUT2D eigenvalue weighted by molar-refractivity contribution is 6.41. The number of carbonyl (C=O) groups excluding carboxylic acids is 1. The molecule has 1 aromatic heterocycles. The number of halogens is 2. The van der Waals surface area contributed by atoms with Gasteiger partial charge in [-0.15, -0.1) is 0 Å². The minimum Gasteiger partial charge on any atom is -0.491 e. The summed E-state index contributed by atoms with van der Waals surface area (Å²) in [5.41, 5.74) is 0.325. The summed E-state index contributed by atoms with van der Waals surface area (Å²) in [5.74, 6) is 0.295. The Hall–Kier alpha value is -1.69. The Morgan fingerprint density at radius 2 is 2.05 bits per heavy atom. The van der Waals surface area contributed by atoms with Crippen molar-refractivity contribution in [2.45, 2.75) is 6.10 Å². The van der Waals surface area contributed by atoms with Crippen LogP contribution in [0.3, 0.4) is 0 Å². The molecule has 0 radical (unpaired) electrons. The van der Waals surface area contributed by atoms with Crippen LogP contribution in [0.1, 0.15) is 10.5 Å². The second-order valence-electron chi connectivity index (χ2n) is 4.72. The van der Waals surface area contributed by atoms with Gasteiger partial charge in [0.15, 0.2) is 0 Å². The van der Waals surface area contributed by atoms with E-state index in [-0.39, 0.29) is 19.1 Å². The first-order valence-corrected chi connectivity index (χ1v) is 7.39. The number of para-hydroxylation sites is 1. The Labute approximate surface area is 138 Å². The molecule has 1 atom stereocenters. The monoisotopic (exact) mass is 342 g/mol. The standard InChI is InChI=1S/C15H16Cl2N2O3/c1-19-13(7-12(16)14(19)17)15(21)18-8-10(20)9-22-11-5-3-2-4-6-11/h2-7,10,20H,8-9H2,1H3,(H,18,21)/t10-/m0/s1. The van der Waals surface area contributed by atoms with Crippen molar-refractivity contribution in [3.63, 3.8) is 0 Å². The van der Waals surface area contributed by atoms with E-state index in [1.54, 1.807) is 19.2 Å². The highest BCUT2D eigenvalue weighted by Crippen LogP contribution is 2.24. The molecule has 0 saturated heterocycles. The fourth-order valence-corrected chi connectivity index (χ4v) is 2.21. The number of aliphatic hydroxyl groups is 1. The number of amides is 1. The maximum Gasteiger partial charge on any atom is 0.268 e. The lowest BCUT2D eigenvalue weighted by Crippen LogP contribution is -2.36. The fraction of sp³-hybridized carbons (Fsp3) is 0.267. The van der Waals surface area contributed by atoms with Crippen molar-refractivity contribution >= 4 is 29.1 Å². The third-order valence-corrected chi connectivity index (χ3v) is 3.87. The van der Waals surface area contributed by atoms with Crippen LogP contribution < -0.4 is 10.1 Å². The second-order valence-corrected chi connectivity index (χ2v) is 5.48. The number of aromatic nitrogens is 1. The van der Waals surface area contributed by atoms with E-state index in [1.165, 1.54) is 10.6 Å². The van der Waals surface area contributed by atoms with Gasteiger partial charge in [0.2, 0.25) is 0 Å². The lowest BCUT2D eigenvalue weighted by Gasteiger charge is -2.13. The zero-order valence-corrected chi connectivity index (χ0v) is 13.4. The summed E-state index contributed by atoms with van der Waals surface area (Å²) >= 11 is 11.8. The molecule has 1 aromatic carbocycles. The molecule has 0 saturated carbocycles. The zero-order chi connectivity index (χ0) is 16.1. The highest BCUT2D eigenvalue weighted by Gasteiger charge is 2.16. The SMILES string of the molecule is Cn1c(C(=O)NC[C@H](O)COc2ccccc2)cc(Cl)c1Cl. The van der Waals surface area contributed by atoms with Gasteiger partial charge in [-0.2, -0.15) is 0 Å². The molecular weight excluding hydrogens is 327 g/mol. The van der Waals surface area contributed by atoms with Crippen molar-refractivity contribution in [2.24, 2.45) is 7.05 Å². The molecule has 5 nitrogen and oxygen atoms in total. The van der Waals surface area contributed by atoms with Gasteiger partial charge in [0.05, 0.1) is 5.02 Å². The van der Waals surface area contributed by atoms with Gasteiger partial charge in [0.1, 0.15) is 29.3 Å². The predicted octanol–water partition coefficient (Wildman–Crippen LogP) is 2.50. The van der Waals surface area contributed by atoms with Crippen LogP contribution in [0.4, 0.5) is 0 Å². The van der Waals surface area contributed by atoms with E-state index >= 15 is 0 Å². The molecule has 1 amide bonds. The van der Waals surface area contributed by atoms with E-state index in [1.807, 2.05) is 18.2 Å². The molecule has 0 unspecified atom stereocenters. The van der Waals surface area contributed by atoms with Crippen LogP contribution in [0.25, 0.3) is 0 Å². The molecule has 7 heteroatoms. The Morgan fingerprint density at radius 3 is 2.64 bits per heavy atom. The van der Waals surface area contributed by atoms with E-state index < -0.39 is 6.10 Å². The van der Waals surface area contributed by atoms with Crippen LogP contribution in [0.15, 0.2) is 36.4 Å². The molecule has 0 aliphatic carbocycles. The van der Waals surface area contributed by atoms with Crippen molar-refractivity contribution in [3.05, 3.63) is 52.3 Å². The lowest BCUT2D eigenvalue weighted by molar-refractivity contribution is 0.0837. The van der Waals surface area contributed by atoms with Crippen LogP contribution in [0.5, 0.6) is 5.75 Å². The lowest BCUT2D eigenvalue weighted by atomic mass is 10.3. The third kappa shape index (κ3) is 4.16. The van der Waals surface area contributed by atoms with E-state index in [2.05, 4.69) is 5.32 Å². The molecule has 0 aliphatic rings. The van der Waals surface area contributed by atoms with E-state index in [4.69, 9.17) is 27.9 Å². The largest absolute Gasteiger partial charge is 0.491 e. The van der Waals surface area contributed by atoms with E-state index in [0.717, 1.165) is 0 Å². The minimum absolute atomic E-state index is 0.0616. The predicted molar refractivity (Wildman–Crippen MR) is 85.7 cm³/mol. The van der Waals surface area contributed by atoms with Crippen molar-refractivity contribution in [2.75, 3.05) is 13.2 Å². The van der Waals surface area contributed by atoms with Crippen molar-refractivity contribution in [3.8, 4) is 5.75 Å². The van der Waals surface area contributed by atoms with Gasteiger partial charge >= 0.3 is 0 Å². The van der Waals surface area contributed by atoms with Gasteiger partial charge in [0.25, 0.3) is 5.91 Å². The molecule has 1 heterocycles. The van der Waals surface area contributed by atoms with Crippen LogP contribution >= 0.6 is 23.2 Å². The van der Waals surface area contributed by atoms with Crippen LogP contribution in [-0.4, -0.2) is 34.8 Å². The number of hydrogen-bond donors (Lipinski definition) is 2. The first kappa shape index (κ1) is 16.7. The average molecular weight is 343 g/mol. The number of nitrogens with one attached hydrogen (secondary N) is 1. The summed E-state index contributed by atoms with van der Waals surface area (Å²) in [7, 11) is 1.64. The molecule has 118 valence electrons. The quantitative estimate of drug-likeness (QED) is 0.847. The molecule has 2 rings (SSSR count). The van der Waals surface area contributed by atoms with Gasteiger partial charge in [-0.3, -0.25) is 4.79 Å². The number of nitrogens with zero attached hydrogens (tertiary/aromatic N) is 1. The molecule has 0 aliphatic heterocycles. The maximum atomic E-state index is 12.0.